The van der Waals surface area contributed by atoms with Crippen LogP contribution in [0.4, 0.5) is 5.82 Å². The summed E-state index contributed by atoms with van der Waals surface area (Å²) >= 11 is 6.79. The Morgan fingerprint density at radius 2 is 2.00 bits per heavy atom. The fraction of sp³-hybridized carbons (Fsp3) is 0.481. The number of aryl methyl sites for hydroxylation is 1. The van der Waals surface area contributed by atoms with Crippen molar-refractivity contribution in [1.82, 2.24) is 9.88 Å². The number of carbonyl (C=O) groups excluding carboxylic acids is 1. The van der Waals surface area contributed by atoms with E-state index in [1.54, 1.807) is 12.1 Å². The maximum atomic E-state index is 12.0. The minimum atomic E-state index is -0.298. The number of aromatic nitrogens is 1. The van der Waals surface area contributed by atoms with Crippen molar-refractivity contribution in [2.45, 2.75) is 52.7 Å². The molecule has 1 amide bonds. The van der Waals surface area contributed by atoms with E-state index in [0.29, 0.717) is 18.1 Å². The van der Waals surface area contributed by atoms with Gasteiger partial charge in [0.15, 0.2) is 0 Å². The zero-order valence-electron chi connectivity index (χ0n) is 20.4. The molecule has 0 radical (unpaired) electrons. The number of likely N-dealkylation sites (tertiary alicyclic amines) is 1. The number of amides is 1. The van der Waals surface area contributed by atoms with Crippen LogP contribution in [0.15, 0.2) is 24.8 Å². The highest BCUT2D eigenvalue weighted by Gasteiger charge is 2.49. The second-order valence-corrected chi connectivity index (χ2v) is 11.2. The summed E-state index contributed by atoms with van der Waals surface area (Å²) < 4.78 is 6.17. The summed E-state index contributed by atoms with van der Waals surface area (Å²) in [5, 5.41) is 11.0. The molecule has 1 spiro atoms. The molecule has 0 saturated carbocycles. The maximum absolute atomic E-state index is 12.0. The molecule has 4 heterocycles. The van der Waals surface area contributed by atoms with E-state index in [0.717, 1.165) is 71.9 Å². The molecule has 0 atom stereocenters. The molecule has 3 aliphatic heterocycles. The number of rotatable bonds is 3. The Kier molecular flexibility index (Phi) is 5.45. The van der Waals surface area contributed by atoms with Crippen molar-refractivity contribution in [3.63, 3.8) is 0 Å². The number of pyridine rings is 1. The summed E-state index contributed by atoms with van der Waals surface area (Å²) in [6.07, 6.45) is 3.13. The second kappa shape index (κ2) is 7.99. The standard InChI is InChI=1S/C27H32ClN3O3/c1-6-22(33)31-14-27(15-31)7-8-30(13-27)25-17(3)23(19-10-18(32)9-16(2)24(19)28)20-12-34-26(4,5)11-21(20)29-25/h6,9-10,32H,1,7-8,11-15H2,2-5H3. The zero-order valence-corrected chi connectivity index (χ0v) is 21.1. The van der Waals surface area contributed by atoms with E-state index < -0.39 is 0 Å². The lowest BCUT2D eigenvalue weighted by molar-refractivity contribution is -0.136. The first kappa shape index (κ1) is 23.2. The minimum Gasteiger partial charge on any atom is -0.508 e. The van der Waals surface area contributed by atoms with Gasteiger partial charge in [0, 0.05) is 49.1 Å². The number of benzene rings is 1. The lowest BCUT2D eigenvalue weighted by Gasteiger charge is -2.47. The van der Waals surface area contributed by atoms with Crippen molar-refractivity contribution in [2.75, 3.05) is 31.1 Å². The predicted molar refractivity (Wildman–Crippen MR) is 134 cm³/mol. The monoisotopic (exact) mass is 481 g/mol. The second-order valence-electron chi connectivity index (χ2n) is 10.8. The molecule has 180 valence electrons. The van der Waals surface area contributed by atoms with Crippen LogP contribution < -0.4 is 4.90 Å². The molecule has 3 aliphatic rings. The lowest BCUT2D eigenvalue weighted by Crippen LogP contribution is -2.59. The highest BCUT2D eigenvalue weighted by Crippen LogP contribution is 2.46. The Hall–Kier alpha value is -2.57. The van der Waals surface area contributed by atoms with Gasteiger partial charge in [0.2, 0.25) is 5.91 Å². The minimum absolute atomic E-state index is 0.00516. The Bertz CT molecular complexity index is 1200. The molecule has 1 aromatic carbocycles. The fourth-order valence-electron chi connectivity index (χ4n) is 5.81. The van der Waals surface area contributed by atoms with E-state index in [4.69, 9.17) is 21.3 Å². The van der Waals surface area contributed by atoms with Gasteiger partial charge in [0.1, 0.15) is 11.6 Å². The molecule has 1 N–H and O–H groups in total. The number of ether oxygens (including phenoxy) is 1. The Morgan fingerprint density at radius 3 is 2.71 bits per heavy atom. The van der Waals surface area contributed by atoms with Gasteiger partial charge in [-0.2, -0.15) is 0 Å². The Labute approximate surface area is 206 Å². The molecule has 1 aromatic heterocycles. The number of phenols is 1. The van der Waals surface area contributed by atoms with Crippen molar-refractivity contribution in [3.8, 4) is 16.9 Å². The van der Waals surface area contributed by atoms with Crippen LogP contribution in [-0.4, -0.2) is 52.7 Å². The topological polar surface area (TPSA) is 65.9 Å². The normalized spacial score (nSPS) is 20.3. The first-order valence-electron chi connectivity index (χ1n) is 11.8. The van der Waals surface area contributed by atoms with Crippen molar-refractivity contribution < 1.29 is 14.6 Å². The van der Waals surface area contributed by atoms with Gasteiger partial charge < -0.3 is 19.6 Å². The molecular weight excluding hydrogens is 450 g/mol. The van der Waals surface area contributed by atoms with E-state index in [-0.39, 0.29) is 22.7 Å². The van der Waals surface area contributed by atoms with Crippen LogP contribution in [-0.2, 0) is 22.6 Å². The maximum Gasteiger partial charge on any atom is 0.245 e. The van der Waals surface area contributed by atoms with Gasteiger partial charge >= 0.3 is 0 Å². The smallest absolute Gasteiger partial charge is 0.245 e. The average molecular weight is 482 g/mol. The molecule has 34 heavy (non-hydrogen) atoms. The Balaban J connectivity index is 1.58. The fourth-order valence-corrected chi connectivity index (χ4v) is 6.02. The molecule has 6 nitrogen and oxygen atoms in total. The molecule has 0 aliphatic carbocycles. The average Bonchev–Trinajstić information content (AvgIpc) is 3.20. The SMILES string of the molecule is C=CC(=O)N1CC2(CCN(c3nc4c(c(-c5cc(O)cc(C)c5Cl)c3C)COC(C)(C)C4)C2)C1. The summed E-state index contributed by atoms with van der Waals surface area (Å²) in [5.74, 6) is 1.17. The molecule has 0 bridgehead atoms. The highest BCUT2D eigenvalue weighted by atomic mass is 35.5. The van der Waals surface area contributed by atoms with Crippen molar-refractivity contribution >= 4 is 23.3 Å². The molecule has 5 rings (SSSR count). The van der Waals surface area contributed by atoms with Gasteiger partial charge in [-0.05, 0) is 69.0 Å². The number of hydrogen-bond acceptors (Lipinski definition) is 5. The molecule has 2 aromatic rings. The van der Waals surface area contributed by atoms with Gasteiger partial charge in [-0.1, -0.05) is 18.2 Å². The van der Waals surface area contributed by atoms with E-state index in [1.807, 2.05) is 11.8 Å². The first-order chi connectivity index (χ1) is 16.0. The summed E-state index contributed by atoms with van der Waals surface area (Å²) in [5.41, 5.74) is 5.61. The summed E-state index contributed by atoms with van der Waals surface area (Å²) in [6, 6.07) is 3.43. The molecule has 2 saturated heterocycles. The number of hydrogen-bond donors (Lipinski definition) is 1. The van der Waals surface area contributed by atoms with Gasteiger partial charge in [0.25, 0.3) is 0 Å². The summed E-state index contributed by atoms with van der Waals surface area (Å²) in [4.78, 5) is 21.4. The van der Waals surface area contributed by atoms with Gasteiger partial charge in [-0.3, -0.25) is 4.79 Å². The number of halogens is 1. The third kappa shape index (κ3) is 3.77. The van der Waals surface area contributed by atoms with Gasteiger partial charge in [-0.15, -0.1) is 0 Å². The van der Waals surface area contributed by atoms with Gasteiger partial charge in [0.05, 0.1) is 22.9 Å². The summed E-state index contributed by atoms with van der Waals surface area (Å²) in [7, 11) is 0. The first-order valence-corrected chi connectivity index (χ1v) is 12.2. The highest BCUT2D eigenvalue weighted by molar-refractivity contribution is 6.34. The number of carbonyl (C=O) groups is 1. The molecule has 7 heteroatoms. The van der Waals surface area contributed by atoms with Crippen LogP contribution in [0, 0.1) is 19.3 Å². The van der Waals surface area contributed by atoms with Crippen molar-refractivity contribution in [3.05, 3.63) is 52.2 Å². The van der Waals surface area contributed by atoms with E-state index in [1.165, 1.54) is 6.08 Å². The largest absolute Gasteiger partial charge is 0.508 e. The van der Waals surface area contributed by atoms with Crippen LogP contribution >= 0.6 is 11.6 Å². The third-order valence-corrected chi connectivity index (χ3v) is 8.09. The number of phenolic OH excluding ortho intramolecular Hbond substituents is 1. The van der Waals surface area contributed by atoms with Crippen LogP contribution in [0.25, 0.3) is 11.1 Å². The molecular formula is C27H32ClN3O3. The Morgan fingerprint density at radius 1 is 1.26 bits per heavy atom. The number of aromatic hydroxyl groups is 1. The summed E-state index contributed by atoms with van der Waals surface area (Å²) in [6.45, 7) is 15.5. The zero-order chi connectivity index (χ0) is 24.4. The predicted octanol–water partition coefficient (Wildman–Crippen LogP) is 4.80. The number of anilines is 1. The van der Waals surface area contributed by atoms with Crippen LogP contribution in [0.5, 0.6) is 5.75 Å². The lowest BCUT2D eigenvalue weighted by atomic mass is 9.79. The molecule has 2 fully saturated rings. The number of nitrogens with zero attached hydrogens (tertiary/aromatic N) is 3. The van der Waals surface area contributed by atoms with E-state index in [9.17, 15) is 9.90 Å². The number of fused-ring (bicyclic) bond motifs is 1. The van der Waals surface area contributed by atoms with Crippen LogP contribution in [0.1, 0.15) is 42.7 Å². The quantitative estimate of drug-likeness (QED) is 0.638. The molecule has 0 unspecified atom stereocenters. The third-order valence-electron chi connectivity index (χ3n) is 7.59. The van der Waals surface area contributed by atoms with E-state index in [2.05, 4.69) is 32.3 Å². The van der Waals surface area contributed by atoms with Crippen molar-refractivity contribution in [1.29, 1.82) is 0 Å². The van der Waals surface area contributed by atoms with Crippen LogP contribution in [0.3, 0.4) is 0 Å². The van der Waals surface area contributed by atoms with Crippen LogP contribution in [0.2, 0.25) is 5.02 Å². The van der Waals surface area contributed by atoms with Crippen molar-refractivity contribution in [2.24, 2.45) is 5.41 Å². The van der Waals surface area contributed by atoms with E-state index >= 15 is 0 Å². The van der Waals surface area contributed by atoms with Gasteiger partial charge in [-0.25, -0.2) is 4.98 Å².